The maximum atomic E-state index is 12.6. The SMILES string of the molecule is O=C(Nc1cc(-n2ccnc2)ncn1)C1CC(=O)N(c2cccc(Br)c2)C1. The van der Waals surface area contributed by atoms with Gasteiger partial charge in [0.25, 0.3) is 0 Å². The number of hydrogen-bond acceptors (Lipinski definition) is 5. The van der Waals surface area contributed by atoms with E-state index in [1.807, 2.05) is 24.3 Å². The van der Waals surface area contributed by atoms with Crippen LogP contribution in [0.2, 0.25) is 0 Å². The third-order valence-corrected chi connectivity index (χ3v) is 4.78. The molecule has 1 fully saturated rings. The molecule has 1 saturated heterocycles. The lowest BCUT2D eigenvalue weighted by atomic mass is 10.1. The molecule has 0 bridgehead atoms. The van der Waals surface area contributed by atoms with E-state index >= 15 is 0 Å². The topological polar surface area (TPSA) is 93.0 Å². The second kappa shape index (κ2) is 7.28. The molecular formula is C18H15BrN6O2. The number of carbonyl (C=O) groups is 2. The van der Waals surface area contributed by atoms with Gasteiger partial charge in [-0.1, -0.05) is 22.0 Å². The highest BCUT2D eigenvalue weighted by Crippen LogP contribution is 2.28. The highest BCUT2D eigenvalue weighted by atomic mass is 79.9. The number of anilines is 2. The third kappa shape index (κ3) is 3.72. The van der Waals surface area contributed by atoms with Crippen molar-refractivity contribution in [3.05, 3.63) is 59.9 Å². The highest BCUT2D eigenvalue weighted by molar-refractivity contribution is 9.10. The summed E-state index contributed by atoms with van der Waals surface area (Å²) >= 11 is 3.40. The van der Waals surface area contributed by atoms with Gasteiger partial charge in [-0.05, 0) is 18.2 Å². The van der Waals surface area contributed by atoms with Gasteiger partial charge >= 0.3 is 0 Å². The van der Waals surface area contributed by atoms with Crippen LogP contribution in [0.25, 0.3) is 5.82 Å². The molecule has 8 nitrogen and oxygen atoms in total. The molecule has 9 heteroatoms. The van der Waals surface area contributed by atoms with Gasteiger partial charge in [-0.15, -0.1) is 0 Å². The summed E-state index contributed by atoms with van der Waals surface area (Å²) in [6.07, 6.45) is 6.54. The van der Waals surface area contributed by atoms with Crippen molar-refractivity contribution in [1.82, 2.24) is 19.5 Å². The van der Waals surface area contributed by atoms with Gasteiger partial charge in [0.05, 0.1) is 5.92 Å². The Morgan fingerprint density at radius 2 is 2.15 bits per heavy atom. The van der Waals surface area contributed by atoms with Gasteiger partial charge in [0.15, 0.2) is 0 Å². The third-order valence-electron chi connectivity index (χ3n) is 4.29. The number of nitrogens with zero attached hydrogens (tertiary/aromatic N) is 5. The van der Waals surface area contributed by atoms with Crippen LogP contribution in [0.15, 0.2) is 59.9 Å². The van der Waals surface area contributed by atoms with Gasteiger partial charge in [0.2, 0.25) is 11.8 Å². The van der Waals surface area contributed by atoms with E-state index in [2.05, 4.69) is 36.2 Å². The van der Waals surface area contributed by atoms with E-state index in [-0.39, 0.29) is 18.2 Å². The van der Waals surface area contributed by atoms with E-state index in [1.165, 1.54) is 6.33 Å². The molecule has 0 radical (unpaired) electrons. The maximum absolute atomic E-state index is 12.6. The first-order chi connectivity index (χ1) is 13.1. The summed E-state index contributed by atoms with van der Waals surface area (Å²) < 4.78 is 2.60. The van der Waals surface area contributed by atoms with Crippen LogP contribution >= 0.6 is 15.9 Å². The van der Waals surface area contributed by atoms with E-state index in [0.717, 1.165) is 10.2 Å². The first kappa shape index (κ1) is 17.3. The number of imidazole rings is 1. The summed E-state index contributed by atoms with van der Waals surface area (Å²) in [5, 5.41) is 2.78. The summed E-state index contributed by atoms with van der Waals surface area (Å²) in [6.45, 7) is 0.334. The van der Waals surface area contributed by atoms with Crippen molar-refractivity contribution in [2.24, 2.45) is 5.92 Å². The predicted molar refractivity (Wildman–Crippen MR) is 102 cm³/mol. The number of nitrogens with one attached hydrogen (secondary N) is 1. The lowest BCUT2D eigenvalue weighted by Gasteiger charge is -2.17. The molecule has 3 heterocycles. The minimum absolute atomic E-state index is 0.0740. The molecule has 1 atom stereocenters. The second-order valence-corrected chi connectivity index (χ2v) is 7.02. The van der Waals surface area contributed by atoms with Crippen molar-refractivity contribution >= 4 is 39.2 Å². The standard InChI is InChI=1S/C18H15BrN6O2/c19-13-2-1-3-14(7-13)25-9-12(6-17(25)26)18(27)23-15-8-16(22-10-21-15)24-5-4-20-11-24/h1-5,7-8,10-12H,6,9H2,(H,21,22,23,27). The summed E-state index contributed by atoms with van der Waals surface area (Å²) in [5.74, 6) is 0.220. The molecule has 0 spiro atoms. The fourth-order valence-corrected chi connectivity index (χ4v) is 3.34. The molecule has 2 aromatic heterocycles. The zero-order chi connectivity index (χ0) is 18.8. The van der Waals surface area contributed by atoms with Crippen molar-refractivity contribution in [2.45, 2.75) is 6.42 Å². The summed E-state index contributed by atoms with van der Waals surface area (Å²) in [6, 6.07) is 9.12. The second-order valence-electron chi connectivity index (χ2n) is 6.11. The molecule has 136 valence electrons. The molecule has 2 amide bonds. The van der Waals surface area contributed by atoms with E-state index in [1.54, 1.807) is 34.3 Å². The quantitative estimate of drug-likeness (QED) is 0.691. The average Bonchev–Trinajstić information content (AvgIpc) is 3.32. The van der Waals surface area contributed by atoms with Crippen LogP contribution in [0.4, 0.5) is 11.5 Å². The molecular weight excluding hydrogens is 412 g/mol. The van der Waals surface area contributed by atoms with Gasteiger partial charge in [-0.2, -0.15) is 0 Å². The highest BCUT2D eigenvalue weighted by Gasteiger charge is 2.35. The Balaban J connectivity index is 1.46. The average molecular weight is 427 g/mol. The Labute approximate surface area is 163 Å². The normalized spacial score (nSPS) is 16.6. The number of halogens is 1. The lowest BCUT2D eigenvalue weighted by molar-refractivity contribution is -0.122. The van der Waals surface area contributed by atoms with Crippen LogP contribution in [0, 0.1) is 5.92 Å². The van der Waals surface area contributed by atoms with Crippen molar-refractivity contribution in [3.8, 4) is 5.82 Å². The molecule has 3 aromatic rings. The molecule has 1 aliphatic rings. The Morgan fingerprint density at radius 1 is 1.26 bits per heavy atom. The molecule has 1 N–H and O–H groups in total. The van der Waals surface area contributed by atoms with Crippen LogP contribution < -0.4 is 10.2 Å². The first-order valence-electron chi connectivity index (χ1n) is 8.27. The van der Waals surface area contributed by atoms with Crippen LogP contribution in [-0.2, 0) is 9.59 Å². The molecule has 27 heavy (non-hydrogen) atoms. The first-order valence-corrected chi connectivity index (χ1v) is 9.06. The van der Waals surface area contributed by atoms with Gasteiger partial charge in [0.1, 0.15) is 24.3 Å². The van der Waals surface area contributed by atoms with E-state index in [4.69, 9.17) is 0 Å². The van der Waals surface area contributed by atoms with Crippen LogP contribution in [0.5, 0.6) is 0 Å². The molecule has 1 aromatic carbocycles. The van der Waals surface area contributed by atoms with Crippen LogP contribution in [-0.4, -0.2) is 37.9 Å². The number of amides is 2. The van der Waals surface area contributed by atoms with Gasteiger partial charge in [0, 0.05) is 41.6 Å². The molecule has 0 saturated carbocycles. The summed E-state index contributed by atoms with van der Waals surface area (Å²) in [4.78, 5) is 38.8. The minimum Gasteiger partial charge on any atom is -0.312 e. The fraction of sp³-hybridized carbons (Fsp3) is 0.167. The predicted octanol–water partition coefficient (Wildman–Crippen LogP) is 2.42. The molecule has 4 rings (SSSR count). The van der Waals surface area contributed by atoms with E-state index in [0.29, 0.717) is 18.2 Å². The summed E-state index contributed by atoms with van der Waals surface area (Å²) in [5.41, 5.74) is 0.772. The number of carbonyl (C=O) groups excluding carboxylic acids is 2. The molecule has 0 aliphatic carbocycles. The molecule has 1 aliphatic heterocycles. The largest absolute Gasteiger partial charge is 0.312 e. The minimum atomic E-state index is -0.442. The summed E-state index contributed by atoms with van der Waals surface area (Å²) in [7, 11) is 0. The zero-order valence-electron chi connectivity index (χ0n) is 14.1. The molecule has 1 unspecified atom stereocenters. The number of benzene rings is 1. The Hall–Kier alpha value is -3.07. The van der Waals surface area contributed by atoms with Gasteiger partial charge in [-0.3, -0.25) is 14.2 Å². The monoisotopic (exact) mass is 426 g/mol. The Bertz CT molecular complexity index is 991. The van der Waals surface area contributed by atoms with Crippen molar-refractivity contribution < 1.29 is 9.59 Å². The zero-order valence-corrected chi connectivity index (χ0v) is 15.7. The van der Waals surface area contributed by atoms with E-state index in [9.17, 15) is 9.59 Å². The van der Waals surface area contributed by atoms with Gasteiger partial charge < -0.3 is 10.2 Å². The van der Waals surface area contributed by atoms with Crippen molar-refractivity contribution in [2.75, 3.05) is 16.8 Å². The Morgan fingerprint density at radius 3 is 2.93 bits per heavy atom. The van der Waals surface area contributed by atoms with Gasteiger partial charge in [-0.25, -0.2) is 15.0 Å². The fourth-order valence-electron chi connectivity index (χ4n) is 2.96. The van der Waals surface area contributed by atoms with E-state index < -0.39 is 5.92 Å². The van der Waals surface area contributed by atoms with Crippen molar-refractivity contribution in [1.29, 1.82) is 0 Å². The van der Waals surface area contributed by atoms with Crippen LogP contribution in [0.3, 0.4) is 0 Å². The van der Waals surface area contributed by atoms with Crippen molar-refractivity contribution in [3.63, 3.8) is 0 Å². The number of aromatic nitrogens is 4. The number of rotatable bonds is 4. The lowest BCUT2D eigenvalue weighted by Crippen LogP contribution is -2.28. The van der Waals surface area contributed by atoms with Crippen LogP contribution in [0.1, 0.15) is 6.42 Å². The number of hydrogen-bond donors (Lipinski definition) is 1. The smallest absolute Gasteiger partial charge is 0.230 e. The maximum Gasteiger partial charge on any atom is 0.230 e. The Kier molecular flexibility index (Phi) is 4.68.